The Bertz CT molecular complexity index is 904. The molecule has 0 bridgehead atoms. The average Bonchev–Trinajstić information content (AvgIpc) is 2.88. The van der Waals surface area contributed by atoms with Gasteiger partial charge in [-0.15, -0.1) is 0 Å². The second-order valence-corrected chi connectivity index (χ2v) is 5.56. The van der Waals surface area contributed by atoms with E-state index in [1.807, 2.05) is 18.2 Å². The first kappa shape index (κ1) is 16.0. The van der Waals surface area contributed by atoms with Crippen molar-refractivity contribution < 1.29 is 14.0 Å². The van der Waals surface area contributed by atoms with Crippen molar-refractivity contribution in [2.24, 2.45) is 0 Å². The van der Waals surface area contributed by atoms with Crippen LogP contribution in [-0.4, -0.2) is 24.9 Å². The van der Waals surface area contributed by atoms with Crippen molar-refractivity contribution in [2.45, 2.75) is 20.8 Å². The molecule has 0 N–H and O–H groups in total. The molecule has 0 atom stereocenters. The number of imide groups is 1. The van der Waals surface area contributed by atoms with E-state index in [0.29, 0.717) is 16.5 Å². The minimum Gasteiger partial charge on any atom is -0.421 e. The Morgan fingerprint density at radius 1 is 1.04 bits per heavy atom. The number of carbonyl (C=O) groups excluding carboxylic acids is 2. The summed E-state index contributed by atoms with van der Waals surface area (Å²) in [5.41, 5.74) is 1.24. The fourth-order valence-electron chi connectivity index (χ4n) is 3.00. The number of aryl methyl sites for hydroxylation is 1. The molecule has 2 heterocycles. The molecule has 0 saturated heterocycles. The highest BCUT2D eigenvalue weighted by molar-refractivity contribution is 6.28. The standard InChI is InChI=1S/C18H18N2O4/c1-4-19(5-2)12-6-7-13-11(3)17(18(23)24-14(13)10-12)20-15(21)8-9-16(20)22/h6-10H,4-5H2,1-3H3. The largest absolute Gasteiger partial charge is 0.421 e. The Kier molecular flexibility index (Phi) is 3.97. The van der Waals surface area contributed by atoms with Crippen LogP contribution in [0.2, 0.25) is 0 Å². The van der Waals surface area contributed by atoms with Crippen LogP contribution in [0.3, 0.4) is 0 Å². The summed E-state index contributed by atoms with van der Waals surface area (Å²) < 4.78 is 5.41. The van der Waals surface area contributed by atoms with E-state index in [-0.39, 0.29) is 5.69 Å². The number of anilines is 2. The van der Waals surface area contributed by atoms with Crippen LogP contribution >= 0.6 is 0 Å². The van der Waals surface area contributed by atoms with Crippen LogP contribution in [0.5, 0.6) is 0 Å². The molecule has 124 valence electrons. The van der Waals surface area contributed by atoms with Crippen molar-refractivity contribution >= 4 is 34.2 Å². The summed E-state index contributed by atoms with van der Waals surface area (Å²) in [5, 5.41) is 0.702. The topological polar surface area (TPSA) is 70.8 Å². The number of benzene rings is 1. The molecule has 2 aromatic rings. The van der Waals surface area contributed by atoms with Crippen molar-refractivity contribution in [2.75, 3.05) is 22.9 Å². The van der Waals surface area contributed by atoms with E-state index in [9.17, 15) is 14.4 Å². The van der Waals surface area contributed by atoms with Gasteiger partial charge in [0.1, 0.15) is 11.3 Å². The predicted octanol–water partition coefficient (Wildman–Crippen LogP) is 2.38. The minimum atomic E-state index is -0.693. The molecular weight excluding hydrogens is 308 g/mol. The molecule has 6 nitrogen and oxygen atoms in total. The molecule has 0 aliphatic carbocycles. The third-order valence-electron chi connectivity index (χ3n) is 4.28. The first-order valence-electron chi connectivity index (χ1n) is 7.86. The minimum absolute atomic E-state index is 0.0157. The van der Waals surface area contributed by atoms with Gasteiger partial charge in [0.05, 0.1) is 0 Å². The van der Waals surface area contributed by atoms with E-state index in [1.54, 1.807) is 6.92 Å². The van der Waals surface area contributed by atoms with Gasteiger partial charge in [-0.3, -0.25) is 9.59 Å². The van der Waals surface area contributed by atoms with E-state index >= 15 is 0 Å². The summed E-state index contributed by atoms with van der Waals surface area (Å²) in [6, 6.07) is 5.60. The number of fused-ring (bicyclic) bond motifs is 1. The zero-order chi connectivity index (χ0) is 17.4. The predicted molar refractivity (Wildman–Crippen MR) is 92.4 cm³/mol. The van der Waals surface area contributed by atoms with E-state index in [4.69, 9.17) is 4.42 Å². The second kappa shape index (κ2) is 5.96. The number of rotatable bonds is 4. The zero-order valence-corrected chi connectivity index (χ0v) is 13.8. The molecule has 2 amide bonds. The summed E-state index contributed by atoms with van der Waals surface area (Å²) in [7, 11) is 0. The van der Waals surface area contributed by atoms with Crippen LogP contribution in [0.25, 0.3) is 11.0 Å². The van der Waals surface area contributed by atoms with Gasteiger partial charge in [-0.25, -0.2) is 9.69 Å². The van der Waals surface area contributed by atoms with Crippen LogP contribution in [-0.2, 0) is 9.59 Å². The number of hydrogen-bond acceptors (Lipinski definition) is 5. The second-order valence-electron chi connectivity index (χ2n) is 5.56. The Balaban J connectivity index is 2.19. The molecule has 1 aliphatic heterocycles. The van der Waals surface area contributed by atoms with E-state index < -0.39 is 17.4 Å². The van der Waals surface area contributed by atoms with Gasteiger partial charge in [-0.1, -0.05) is 0 Å². The number of amides is 2. The summed E-state index contributed by atoms with van der Waals surface area (Å²) in [5.74, 6) is -1.07. The van der Waals surface area contributed by atoms with E-state index in [1.165, 1.54) is 0 Å². The molecule has 0 saturated carbocycles. The lowest BCUT2D eigenvalue weighted by Gasteiger charge is -2.21. The first-order valence-corrected chi connectivity index (χ1v) is 7.86. The monoisotopic (exact) mass is 326 g/mol. The van der Waals surface area contributed by atoms with Gasteiger partial charge in [-0.2, -0.15) is 0 Å². The summed E-state index contributed by atoms with van der Waals surface area (Å²) in [4.78, 5) is 39.2. The molecule has 0 spiro atoms. The molecule has 1 aromatic carbocycles. The fourth-order valence-corrected chi connectivity index (χ4v) is 3.00. The van der Waals surface area contributed by atoms with Crippen molar-refractivity contribution in [3.63, 3.8) is 0 Å². The van der Waals surface area contributed by atoms with E-state index in [0.717, 1.165) is 35.8 Å². The molecular formula is C18H18N2O4. The van der Waals surface area contributed by atoms with Crippen molar-refractivity contribution in [1.29, 1.82) is 0 Å². The maximum atomic E-state index is 12.4. The Labute approximate surface area is 139 Å². The van der Waals surface area contributed by atoms with Crippen LogP contribution in [0.15, 0.2) is 39.6 Å². The average molecular weight is 326 g/mol. The molecule has 1 aliphatic rings. The normalized spacial score (nSPS) is 14.0. The number of nitrogens with zero attached hydrogens (tertiary/aromatic N) is 2. The third kappa shape index (κ3) is 2.40. The number of hydrogen-bond donors (Lipinski definition) is 0. The van der Waals surface area contributed by atoms with Crippen LogP contribution in [0.4, 0.5) is 11.4 Å². The highest BCUT2D eigenvalue weighted by Crippen LogP contribution is 2.29. The quantitative estimate of drug-likeness (QED) is 0.637. The van der Waals surface area contributed by atoms with Gasteiger partial charge in [-0.05, 0) is 38.5 Å². The van der Waals surface area contributed by atoms with Gasteiger partial charge in [0.2, 0.25) is 0 Å². The highest BCUT2D eigenvalue weighted by Gasteiger charge is 2.30. The Morgan fingerprint density at radius 2 is 1.67 bits per heavy atom. The molecule has 0 fully saturated rings. The highest BCUT2D eigenvalue weighted by atomic mass is 16.4. The van der Waals surface area contributed by atoms with Crippen LogP contribution < -0.4 is 15.4 Å². The fraction of sp³-hybridized carbons (Fsp3) is 0.278. The van der Waals surface area contributed by atoms with Crippen molar-refractivity contribution in [3.05, 3.63) is 46.3 Å². The summed E-state index contributed by atoms with van der Waals surface area (Å²) in [6.45, 7) is 7.49. The smallest absolute Gasteiger partial charge is 0.361 e. The van der Waals surface area contributed by atoms with Crippen molar-refractivity contribution in [1.82, 2.24) is 0 Å². The molecule has 3 rings (SSSR count). The maximum Gasteiger partial charge on any atom is 0.361 e. The van der Waals surface area contributed by atoms with Gasteiger partial charge in [0.15, 0.2) is 0 Å². The van der Waals surface area contributed by atoms with Crippen molar-refractivity contribution in [3.8, 4) is 0 Å². The lowest BCUT2D eigenvalue weighted by atomic mass is 10.1. The Hall–Kier alpha value is -2.89. The van der Waals surface area contributed by atoms with Gasteiger partial charge < -0.3 is 9.32 Å². The van der Waals surface area contributed by atoms with Crippen LogP contribution in [0, 0.1) is 6.92 Å². The molecule has 6 heteroatoms. The third-order valence-corrected chi connectivity index (χ3v) is 4.28. The maximum absolute atomic E-state index is 12.4. The molecule has 1 aromatic heterocycles. The number of carbonyl (C=O) groups is 2. The first-order chi connectivity index (χ1) is 11.5. The molecule has 0 radical (unpaired) electrons. The van der Waals surface area contributed by atoms with Gasteiger partial charge in [0, 0.05) is 42.4 Å². The SMILES string of the molecule is CCN(CC)c1ccc2c(C)c(N3C(=O)C=CC3=O)c(=O)oc2c1. The molecule has 0 unspecified atom stereocenters. The van der Waals surface area contributed by atoms with E-state index in [2.05, 4.69) is 18.7 Å². The summed E-state index contributed by atoms with van der Waals surface area (Å²) >= 11 is 0. The Morgan fingerprint density at radius 3 is 2.25 bits per heavy atom. The van der Waals surface area contributed by atoms with Crippen LogP contribution in [0.1, 0.15) is 19.4 Å². The molecule has 24 heavy (non-hydrogen) atoms. The van der Waals surface area contributed by atoms with Gasteiger partial charge in [0.25, 0.3) is 11.8 Å². The summed E-state index contributed by atoms with van der Waals surface area (Å²) in [6.07, 6.45) is 2.30. The lowest BCUT2D eigenvalue weighted by molar-refractivity contribution is -0.120. The van der Waals surface area contributed by atoms with Gasteiger partial charge >= 0.3 is 5.63 Å². The lowest BCUT2D eigenvalue weighted by Crippen LogP contribution is -2.34. The zero-order valence-electron chi connectivity index (χ0n) is 13.8.